The Morgan fingerprint density at radius 2 is 2.22 bits per heavy atom. The normalized spacial score (nSPS) is 15.2. The van der Waals surface area contributed by atoms with Crippen LogP contribution in [0.25, 0.3) is 0 Å². The quantitative estimate of drug-likeness (QED) is 0.788. The Morgan fingerprint density at radius 1 is 1.56 bits per heavy atom. The summed E-state index contributed by atoms with van der Waals surface area (Å²) in [5.41, 5.74) is 5.16. The molecular weight excluding hydrogens is 258 g/mol. The number of nitrogens with two attached hydrogens (primary N) is 1. The zero-order valence-corrected chi connectivity index (χ0v) is 10.5. The van der Waals surface area contributed by atoms with Gasteiger partial charge in [-0.05, 0) is 18.9 Å². The Kier molecular flexibility index (Phi) is 3.12. The third-order valence-electron chi connectivity index (χ3n) is 2.24. The van der Waals surface area contributed by atoms with Gasteiger partial charge in [0.25, 0.3) is 5.91 Å². The standard InChI is InChI=1S/C10H13N3O4S/c1-18(15,16)13-10-8(9(11)14)4-7(5-12-10)17-6-2-3-6/h4-6H,2-3H2,1H3,(H2,11,14)(H,12,13). The minimum atomic E-state index is -3.52. The lowest BCUT2D eigenvalue weighted by Gasteiger charge is -2.10. The number of sulfonamides is 1. The largest absolute Gasteiger partial charge is 0.489 e. The minimum Gasteiger partial charge on any atom is -0.489 e. The molecule has 7 nitrogen and oxygen atoms in total. The van der Waals surface area contributed by atoms with Gasteiger partial charge in [-0.1, -0.05) is 0 Å². The van der Waals surface area contributed by atoms with Gasteiger partial charge in [0.2, 0.25) is 10.0 Å². The molecule has 1 heterocycles. The lowest BCUT2D eigenvalue weighted by Crippen LogP contribution is -2.19. The van der Waals surface area contributed by atoms with Crippen LogP contribution in [0.2, 0.25) is 0 Å². The van der Waals surface area contributed by atoms with E-state index < -0.39 is 15.9 Å². The van der Waals surface area contributed by atoms with Crippen LogP contribution in [0, 0.1) is 0 Å². The fourth-order valence-corrected chi connectivity index (χ4v) is 1.85. The maximum atomic E-state index is 11.3. The molecule has 18 heavy (non-hydrogen) atoms. The highest BCUT2D eigenvalue weighted by atomic mass is 32.2. The Morgan fingerprint density at radius 3 is 2.72 bits per heavy atom. The number of nitrogens with one attached hydrogen (secondary N) is 1. The van der Waals surface area contributed by atoms with E-state index in [0.717, 1.165) is 19.1 Å². The first-order valence-electron chi connectivity index (χ1n) is 5.29. The van der Waals surface area contributed by atoms with Crippen molar-refractivity contribution in [1.82, 2.24) is 4.98 Å². The number of pyridine rings is 1. The van der Waals surface area contributed by atoms with Crippen LogP contribution in [0.4, 0.5) is 5.82 Å². The lowest BCUT2D eigenvalue weighted by molar-refractivity contribution is 0.100. The number of carbonyl (C=O) groups is 1. The molecule has 0 spiro atoms. The number of primary amides is 1. The first-order chi connectivity index (χ1) is 8.35. The van der Waals surface area contributed by atoms with E-state index in [1.165, 1.54) is 12.3 Å². The topological polar surface area (TPSA) is 111 Å². The second-order valence-corrected chi connectivity index (χ2v) is 5.87. The number of rotatable bonds is 5. The fourth-order valence-electron chi connectivity index (χ4n) is 1.33. The van der Waals surface area contributed by atoms with E-state index in [2.05, 4.69) is 9.71 Å². The molecule has 98 valence electrons. The van der Waals surface area contributed by atoms with Crippen molar-refractivity contribution in [1.29, 1.82) is 0 Å². The third kappa shape index (κ3) is 3.33. The van der Waals surface area contributed by atoms with Gasteiger partial charge < -0.3 is 10.5 Å². The maximum absolute atomic E-state index is 11.3. The van der Waals surface area contributed by atoms with Crippen molar-refractivity contribution < 1.29 is 17.9 Å². The Labute approximate surface area is 104 Å². The number of nitrogens with zero attached hydrogens (tertiary/aromatic N) is 1. The third-order valence-corrected chi connectivity index (χ3v) is 2.80. The van der Waals surface area contributed by atoms with Gasteiger partial charge in [-0.25, -0.2) is 13.4 Å². The van der Waals surface area contributed by atoms with Gasteiger partial charge in [0.1, 0.15) is 5.75 Å². The Balaban J connectivity index is 2.31. The molecule has 0 atom stereocenters. The lowest BCUT2D eigenvalue weighted by atomic mass is 10.2. The van der Waals surface area contributed by atoms with Gasteiger partial charge in [-0.2, -0.15) is 0 Å². The number of hydrogen-bond donors (Lipinski definition) is 2. The smallest absolute Gasteiger partial charge is 0.252 e. The highest BCUT2D eigenvalue weighted by Crippen LogP contribution is 2.28. The molecule has 0 bridgehead atoms. The molecule has 0 saturated heterocycles. The van der Waals surface area contributed by atoms with Crippen LogP contribution in [-0.4, -0.2) is 31.7 Å². The number of aromatic nitrogens is 1. The molecular formula is C10H13N3O4S. The average Bonchev–Trinajstić information content (AvgIpc) is 3.01. The zero-order valence-electron chi connectivity index (χ0n) is 9.71. The SMILES string of the molecule is CS(=O)(=O)Nc1ncc(OC2CC2)cc1C(N)=O. The van der Waals surface area contributed by atoms with Gasteiger partial charge >= 0.3 is 0 Å². The number of carbonyl (C=O) groups excluding carboxylic acids is 1. The number of ether oxygens (including phenoxy) is 1. The maximum Gasteiger partial charge on any atom is 0.252 e. The molecule has 2 rings (SSSR count). The van der Waals surface area contributed by atoms with Crippen LogP contribution in [0.1, 0.15) is 23.2 Å². The average molecular weight is 271 g/mol. The summed E-state index contributed by atoms with van der Waals surface area (Å²) in [6.45, 7) is 0. The molecule has 1 fully saturated rings. The molecule has 1 aromatic rings. The summed E-state index contributed by atoms with van der Waals surface area (Å²) in [6.07, 6.45) is 4.41. The number of anilines is 1. The first kappa shape index (κ1) is 12.6. The van der Waals surface area contributed by atoms with Crippen LogP contribution in [0.5, 0.6) is 5.75 Å². The van der Waals surface area contributed by atoms with Crippen LogP contribution in [0.3, 0.4) is 0 Å². The predicted octanol–water partition coefficient (Wildman–Crippen LogP) is 0.0932. The molecule has 3 N–H and O–H groups in total. The van der Waals surface area contributed by atoms with Crippen LogP contribution < -0.4 is 15.2 Å². The van der Waals surface area contributed by atoms with Crippen molar-refractivity contribution in [2.24, 2.45) is 5.73 Å². The van der Waals surface area contributed by atoms with E-state index in [0.29, 0.717) is 5.75 Å². The van der Waals surface area contributed by atoms with E-state index in [4.69, 9.17) is 10.5 Å². The summed E-state index contributed by atoms with van der Waals surface area (Å²) in [6, 6.07) is 1.39. The van der Waals surface area contributed by atoms with Crippen molar-refractivity contribution in [3.63, 3.8) is 0 Å². The first-order valence-corrected chi connectivity index (χ1v) is 7.18. The molecule has 1 aromatic heterocycles. The highest BCUT2D eigenvalue weighted by molar-refractivity contribution is 7.92. The summed E-state index contributed by atoms with van der Waals surface area (Å²) < 4.78 is 29.8. The van der Waals surface area contributed by atoms with Crippen LogP contribution in [0.15, 0.2) is 12.3 Å². The summed E-state index contributed by atoms with van der Waals surface area (Å²) >= 11 is 0. The van der Waals surface area contributed by atoms with E-state index in [1.807, 2.05) is 0 Å². The van der Waals surface area contributed by atoms with Crippen molar-refractivity contribution in [3.05, 3.63) is 17.8 Å². The molecule has 0 aromatic carbocycles. The predicted molar refractivity (Wildman–Crippen MR) is 64.9 cm³/mol. The van der Waals surface area contributed by atoms with E-state index in [1.54, 1.807) is 0 Å². The summed E-state index contributed by atoms with van der Waals surface area (Å²) in [7, 11) is -3.52. The van der Waals surface area contributed by atoms with Gasteiger partial charge in [0, 0.05) is 0 Å². The molecule has 8 heteroatoms. The van der Waals surface area contributed by atoms with Gasteiger partial charge in [0.15, 0.2) is 5.82 Å². The van der Waals surface area contributed by atoms with E-state index in [-0.39, 0.29) is 17.5 Å². The van der Waals surface area contributed by atoms with Gasteiger partial charge in [0.05, 0.1) is 24.1 Å². The van der Waals surface area contributed by atoms with Crippen molar-refractivity contribution in [2.75, 3.05) is 11.0 Å². The molecule has 1 saturated carbocycles. The Hall–Kier alpha value is -1.83. The zero-order chi connectivity index (χ0) is 13.3. The summed E-state index contributed by atoms with van der Waals surface area (Å²) in [4.78, 5) is 15.1. The molecule has 1 aliphatic carbocycles. The monoisotopic (exact) mass is 271 g/mol. The van der Waals surface area contributed by atoms with Crippen molar-refractivity contribution in [3.8, 4) is 5.75 Å². The summed E-state index contributed by atoms with van der Waals surface area (Å²) in [5, 5.41) is 0. The molecule has 0 aliphatic heterocycles. The highest BCUT2D eigenvalue weighted by Gasteiger charge is 2.24. The van der Waals surface area contributed by atoms with Gasteiger partial charge in [-0.3, -0.25) is 9.52 Å². The minimum absolute atomic E-state index is 0.0152. The van der Waals surface area contributed by atoms with Crippen molar-refractivity contribution >= 4 is 21.7 Å². The molecule has 1 amide bonds. The van der Waals surface area contributed by atoms with Crippen LogP contribution >= 0.6 is 0 Å². The molecule has 0 radical (unpaired) electrons. The fraction of sp³-hybridized carbons (Fsp3) is 0.400. The van der Waals surface area contributed by atoms with Crippen molar-refractivity contribution in [2.45, 2.75) is 18.9 Å². The van der Waals surface area contributed by atoms with Gasteiger partial charge in [-0.15, -0.1) is 0 Å². The second kappa shape index (κ2) is 4.45. The van der Waals surface area contributed by atoms with E-state index in [9.17, 15) is 13.2 Å². The van der Waals surface area contributed by atoms with Crippen LogP contribution in [-0.2, 0) is 10.0 Å². The Bertz CT molecular complexity index is 581. The number of hydrogen-bond acceptors (Lipinski definition) is 5. The second-order valence-electron chi connectivity index (χ2n) is 4.12. The number of amides is 1. The molecule has 1 aliphatic rings. The van der Waals surface area contributed by atoms with E-state index >= 15 is 0 Å². The molecule has 0 unspecified atom stereocenters. The summed E-state index contributed by atoms with van der Waals surface area (Å²) in [5.74, 6) is -0.451.